The van der Waals surface area contributed by atoms with Gasteiger partial charge >= 0.3 is 11.9 Å². The molecular formula is C15H22O7S. The molecule has 1 saturated heterocycles. The molecule has 23 heavy (non-hydrogen) atoms. The van der Waals surface area contributed by atoms with E-state index in [1.165, 1.54) is 7.11 Å². The lowest BCUT2D eigenvalue weighted by atomic mass is 9.84. The van der Waals surface area contributed by atoms with Crippen LogP contribution in [0.25, 0.3) is 0 Å². The summed E-state index contributed by atoms with van der Waals surface area (Å²) in [5.74, 6) is -2.47. The summed E-state index contributed by atoms with van der Waals surface area (Å²) in [4.78, 5) is 24.4. The number of esters is 2. The Balaban J connectivity index is 1.90. The summed E-state index contributed by atoms with van der Waals surface area (Å²) >= 11 is 0. The van der Waals surface area contributed by atoms with Crippen LogP contribution in [0.4, 0.5) is 0 Å². The van der Waals surface area contributed by atoms with Gasteiger partial charge in [0.2, 0.25) is 0 Å². The molecular weight excluding hydrogens is 324 g/mol. The summed E-state index contributed by atoms with van der Waals surface area (Å²) in [7, 11) is -2.61. The molecule has 2 aliphatic carbocycles. The predicted octanol–water partition coefficient (Wildman–Crippen LogP) is 0.870. The molecule has 2 saturated carbocycles. The van der Waals surface area contributed by atoms with Gasteiger partial charge in [0.25, 0.3) is 10.1 Å². The lowest BCUT2D eigenvalue weighted by Crippen LogP contribution is -2.47. The van der Waals surface area contributed by atoms with Crippen LogP contribution in [0.15, 0.2) is 0 Å². The van der Waals surface area contributed by atoms with E-state index in [1.807, 2.05) is 6.92 Å². The molecule has 1 heterocycles. The highest BCUT2D eigenvalue weighted by atomic mass is 32.2. The summed E-state index contributed by atoms with van der Waals surface area (Å²) in [6.45, 7) is 5.43. The Kier molecular flexibility index (Phi) is 3.76. The third kappa shape index (κ3) is 2.29. The monoisotopic (exact) mass is 346 g/mol. The minimum atomic E-state index is -3.84. The van der Waals surface area contributed by atoms with Gasteiger partial charge in [-0.05, 0) is 26.7 Å². The number of hydrogen-bond acceptors (Lipinski definition) is 7. The highest BCUT2D eigenvalue weighted by Gasteiger charge is 2.72. The Bertz CT molecular complexity index is 638. The van der Waals surface area contributed by atoms with E-state index in [0.717, 1.165) is 0 Å². The van der Waals surface area contributed by atoms with Gasteiger partial charge in [0.15, 0.2) is 0 Å². The molecule has 1 aliphatic heterocycles. The van der Waals surface area contributed by atoms with E-state index >= 15 is 0 Å². The van der Waals surface area contributed by atoms with Crippen molar-refractivity contribution in [3.8, 4) is 0 Å². The van der Waals surface area contributed by atoms with Gasteiger partial charge < -0.3 is 9.47 Å². The maximum atomic E-state index is 12.4. The average molecular weight is 346 g/mol. The Morgan fingerprint density at radius 3 is 2.48 bits per heavy atom. The van der Waals surface area contributed by atoms with Gasteiger partial charge in [-0.15, -0.1) is 0 Å². The van der Waals surface area contributed by atoms with E-state index in [0.29, 0.717) is 12.8 Å². The first-order valence-corrected chi connectivity index (χ1v) is 9.32. The molecule has 0 radical (unpaired) electrons. The molecule has 8 heteroatoms. The molecule has 0 N–H and O–H groups in total. The van der Waals surface area contributed by atoms with Crippen molar-refractivity contribution < 1.29 is 31.7 Å². The number of methoxy groups -OCH3 is 1. The van der Waals surface area contributed by atoms with Crippen molar-refractivity contribution in [3.63, 3.8) is 0 Å². The molecule has 0 aromatic heterocycles. The second-order valence-corrected chi connectivity index (χ2v) is 8.96. The molecule has 0 amide bonds. The molecule has 6 atom stereocenters. The number of ether oxygens (including phenoxy) is 2. The second-order valence-electron chi connectivity index (χ2n) is 7.24. The van der Waals surface area contributed by atoms with E-state index in [1.54, 1.807) is 13.8 Å². The topological polar surface area (TPSA) is 96.0 Å². The maximum Gasteiger partial charge on any atom is 0.311 e. The molecule has 7 nitrogen and oxygen atoms in total. The van der Waals surface area contributed by atoms with Crippen LogP contribution in [0, 0.1) is 23.2 Å². The highest BCUT2D eigenvalue weighted by Crippen LogP contribution is 2.58. The summed E-state index contributed by atoms with van der Waals surface area (Å²) in [5.41, 5.74) is -0.667. The van der Waals surface area contributed by atoms with Crippen molar-refractivity contribution in [2.24, 2.45) is 23.2 Å². The zero-order chi connectivity index (χ0) is 17.2. The third-order valence-electron chi connectivity index (χ3n) is 5.68. The van der Waals surface area contributed by atoms with Crippen LogP contribution in [0.2, 0.25) is 0 Å². The van der Waals surface area contributed by atoms with Gasteiger partial charge in [0.1, 0.15) is 17.5 Å². The zero-order valence-electron chi connectivity index (χ0n) is 13.6. The SMILES string of the molecule is CCC(C)(C)C(=O)OC1C2CC3C1OS(=O)(=O)C3C2C(=O)OC. The number of rotatable bonds is 4. The van der Waals surface area contributed by atoms with Crippen LogP contribution in [0.1, 0.15) is 33.6 Å². The molecule has 2 bridgehead atoms. The van der Waals surface area contributed by atoms with Gasteiger partial charge in [-0.3, -0.25) is 13.8 Å². The number of fused-ring (bicyclic) bond motifs is 1. The standard InChI is InChI=1S/C15H22O7S/c1-5-15(2,3)14(17)21-10-7-6-8-11(10)22-23(18,19)12(8)9(7)13(16)20-4/h7-12H,5-6H2,1-4H3. The van der Waals surface area contributed by atoms with Crippen LogP contribution < -0.4 is 0 Å². The molecule has 130 valence electrons. The fourth-order valence-corrected chi connectivity index (χ4v) is 6.07. The van der Waals surface area contributed by atoms with Crippen molar-refractivity contribution in [3.05, 3.63) is 0 Å². The second kappa shape index (κ2) is 5.17. The van der Waals surface area contributed by atoms with E-state index in [4.69, 9.17) is 13.7 Å². The Hall–Kier alpha value is -1.15. The first-order valence-electron chi connectivity index (χ1n) is 7.85. The molecule has 0 aromatic carbocycles. The van der Waals surface area contributed by atoms with E-state index < -0.39 is 50.8 Å². The lowest BCUT2D eigenvalue weighted by molar-refractivity contribution is -0.171. The summed E-state index contributed by atoms with van der Waals surface area (Å²) in [6.07, 6.45) is -0.290. The summed E-state index contributed by atoms with van der Waals surface area (Å²) in [5, 5.41) is -0.876. The van der Waals surface area contributed by atoms with E-state index in [9.17, 15) is 18.0 Å². The molecule has 3 rings (SSSR count). The first-order chi connectivity index (χ1) is 10.6. The molecule has 3 aliphatic rings. The summed E-state index contributed by atoms with van der Waals surface area (Å²) < 4.78 is 40.0. The van der Waals surface area contributed by atoms with E-state index in [2.05, 4.69) is 0 Å². The molecule has 0 aromatic rings. The average Bonchev–Trinajstić information content (AvgIpc) is 3.08. The van der Waals surface area contributed by atoms with Crippen LogP contribution in [0.3, 0.4) is 0 Å². The van der Waals surface area contributed by atoms with Crippen LogP contribution in [-0.2, 0) is 33.4 Å². The summed E-state index contributed by atoms with van der Waals surface area (Å²) in [6, 6.07) is 0. The number of carbonyl (C=O) groups excluding carboxylic acids is 2. The van der Waals surface area contributed by atoms with Crippen molar-refractivity contribution in [2.75, 3.05) is 7.11 Å². The lowest BCUT2D eigenvalue weighted by Gasteiger charge is -2.32. The first kappa shape index (κ1) is 16.7. The fourth-order valence-electron chi connectivity index (χ4n) is 4.02. The molecule has 3 fully saturated rings. The quantitative estimate of drug-likeness (QED) is 0.550. The molecule has 0 spiro atoms. The third-order valence-corrected chi connectivity index (χ3v) is 7.48. The van der Waals surface area contributed by atoms with Crippen LogP contribution >= 0.6 is 0 Å². The number of hydrogen-bond donors (Lipinski definition) is 0. The van der Waals surface area contributed by atoms with E-state index in [-0.39, 0.29) is 11.8 Å². The van der Waals surface area contributed by atoms with Crippen molar-refractivity contribution in [1.29, 1.82) is 0 Å². The van der Waals surface area contributed by atoms with Crippen molar-refractivity contribution in [2.45, 2.75) is 51.1 Å². The largest absolute Gasteiger partial charge is 0.469 e. The molecule has 6 unspecified atom stereocenters. The fraction of sp³-hybridized carbons (Fsp3) is 0.867. The minimum Gasteiger partial charge on any atom is -0.469 e. The van der Waals surface area contributed by atoms with Crippen LogP contribution in [0.5, 0.6) is 0 Å². The van der Waals surface area contributed by atoms with Gasteiger partial charge in [-0.1, -0.05) is 6.92 Å². The Morgan fingerprint density at radius 2 is 1.91 bits per heavy atom. The highest BCUT2D eigenvalue weighted by molar-refractivity contribution is 7.87. The Morgan fingerprint density at radius 1 is 1.26 bits per heavy atom. The van der Waals surface area contributed by atoms with Gasteiger partial charge in [-0.2, -0.15) is 8.42 Å². The van der Waals surface area contributed by atoms with Crippen molar-refractivity contribution >= 4 is 22.1 Å². The minimum absolute atomic E-state index is 0.309. The number of carbonyl (C=O) groups is 2. The normalized spacial score (nSPS) is 40.2. The van der Waals surface area contributed by atoms with Gasteiger partial charge in [0, 0.05) is 11.8 Å². The smallest absolute Gasteiger partial charge is 0.311 e. The van der Waals surface area contributed by atoms with Crippen molar-refractivity contribution in [1.82, 2.24) is 0 Å². The zero-order valence-corrected chi connectivity index (χ0v) is 14.5. The van der Waals surface area contributed by atoms with Gasteiger partial charge in [-0.25, -0.2) is 0 Å². The van der Waals surface area contributed by atoms with Gasteiger partial charge in [0.05, 0.1) is 18.4 Å². The maximum absolute atomic E-state index is 12.4. The van der Waals surface area contributed by atoms with Crippen LogP contribution in [-0.4, -0.2) is 44.9 Å². The predicted molar refractivity (Wildman–Crippen MR) is 78.6 cm³/mol. The Labute approximate surface area is 135 Å².